The van der Waals surface area contributed by atoms with Crippen LogP contribution < -0.4 is 0 Å². The lowest BCUT2D eigenvalue weighted by Gasteiger charge is -2.19. The lowest BCUT2D eigenvalue weighted by atomic mass is 10.3. The molecule has 0 aliphatic heterocycles. The van der Waals surface area contributed by atoms with Crippen molar-refractivity contribution in [1.82, 2.24) is 4.90 Å². The van der Waals surface area contributed by atoms with E-state index in [0.29, 0.717) is 23.5 Å². The monoisotopic (exact) mass is 271 g/mol. The molecule has 1 aromatic heterocycles. The van der Waals surface area contributed by atoms with Crippen LogP contribution in [-0.4, -0.2) is 23.9 Å². The van der Waals surface area contributed by atoms with E-state index in [0.717, 1.165) is 5.57 Å². The molecule has 0 unspecified atom stereocenters. The summed E-state index contributed by atoms with van der Waals surface area (Å²) in [5.41, 5.74) is 0.954. The molecule has 0 radical (unpaired) electrons. The molecule has 15 heavy (non-hydrogen) atoms. The molecule has 0 fully saturated rings. The summed E-state index contributed by atoms with van der Waals surface area (Å²) >= 11 is 3.17. The first-order valence-electron chi connectivity index (χ1n) is 4.73. The number of likely N-dealkylation sites (N-methyl/N-ethyl adjacent to an activating group) is 1. The fraction of sp³-hybridized carbons (Fsp3) is 0.364. The van der Waals surface area contributed by atoms with Gasteiger partial charge in [-0.1, -0.05) is 12.2 Å². The highest BCUT2D eigenvalue weighted by Crippen LogP contribution is 2.16. The van der Waals surface area contributed by atoms with Crippen molar-refractivity contribution < 1.29 is 9.21 Å². The van der Waals surface area contributed by atoms with Crippen molar-refractivity contribution in [2.75, 3.05) is 13.1 Å². The molecule has 1 rings (SSSR count). The number of hydrogen-bond donors (Lipinski definition) is 0. The summed E-state index contributed by atoms with van der Waals surface area (Å²) in [7, 11) is 0. The Morgan fingerprint density at radius 3 is 2.67 bits per heavy atom. The molecule has 82 valence electrons. The summed E-state index contributed by atoms with van der Waals surface area (Å²) in [4.78, 5) is 13.6. The summed E-state index contributed by atoms with van der Waals surface area (Å²) < 4.78 is 5.77. The van der Waals surface area contributed by atoms with Crippen LogP contribution in [0, 0.1) is 0 Å². The third kappa shape index (κ3) is 3.23. The molecular formula is C11H14BrNO2. The molecule has 1 heterocycles. The van der Waals surface area contributed by atoms with E-state index in [1.807, 2.05) is 13.8 Å². The van der Waals surface area contributed by atoms with E-state index in [2.05, 4.69) is 22.5 Å². The minimum atomic E-state index is -0.105. The van der Waals surface area contributed by atoms with Crippen LogP contribution >= 0.6 is 15.9 Å². The smallest absolute Gasteiger partial charge is 0.289 e. The number of carbonyl (C=O) groups excluding carboxylic acids is 1. The van der Waals surface area contributed by atoms with E-state index in [1.165, 1.54) is 0 Å². The average Bonchev–Trinajstić information content (AvgIpc) is 2.60. The quantitative estimate of drug-likeness (QED) is 0.789. The molecule has 0 aliphatic carbocycles. The van der Waals surface area contributed by atoms with E-state index >= 15 is 0 Å². The van der Waals surface area contributed by atoms with Gasteiger partial charge in [0.15, 0.2) is 10.4 Å². The van der Waals surface area contributed by atoms with Gasteiger partial charge in [0.1, 0.15) is 0 Å². The van der Waals surface area contributed by atoms with Crippen molar-refractivity contribution in [3.63, 3.8) is 0 Å². The van der Waals surface area contributed by atoms with Crippen molar-refractivity contribution in [2.45, 2.75) is 13.8 Å². The zero-order valence-corrected chi connectivity index (χ0v) is 10.5. The first-order valence-corrected chi connectivity index (χ1v) is 5.53. The highest BCUT2D eigenvalue weighted by molar-refractivity contribution is 9.10. The maximum Gasteiger partial charge on any atom is 0.289 e. The summed E-state index contributed by atoms with van der Waals surface area (Å²) in [6.07, 6.45) is 0. The second-order valence-electron chi connectivity index (χ2n) is 3.38. The Kier molecular flexibility index (Phi) is 4.15. The largest absolute Gasteiger partial charge is 0.444 e. The van der Waals surface area contributed by atoms with Crippen LogP contribution in [0.25, 0.3) is 0 Å². The van der Waals surface area contributed by atoms with Crippen LogP contribution in [-0.2, 0) is 0 Å². The Hall–Kier alpha value is -1.03. The molecule has 0 aromatic carbocycles. The number of halogens is 1. The van der Waals surface area contributed by atoms with E-state index in [-0.39, 0.29) is 5.91 Å². The Morgan fingerprint density at radius 2 is 2.27 bits per heavy atom. The fourth-order valence-corrected chi connectivity index (χ4v) is 1.54. The van der Waals surface area contributed by atoms with Crippen LogP contribution in [0.1, 0.15) is 24.4 Å². The molecule has 0 N–H and O–H groups in total. The molecule has 1 amide bonds. The predicted octanol–water partition coefficient (Wildman–Crippen LogP) is 3.08. The molecule has 0 spiro atoms. The predicted molar refractivity (Wildman–Crippen MR) is 62.8 cm³/mol. The fourth-order valence-electron chi connectivity index (χ4n) is 1.24. The van der Waals surface area contributed by atoms with Gasteiger partial charge in [-0.2, -0.15) is 0 Å². The summed E-state index contributed by atoms with van der Waals surface area (Å²) in [5, 5.41) is 0. The van der Waals surface area contributed by atoms with Crippen LogP contribution in [0.4, 0.5) is 0 Å². The molecule has 4 heteroatoms. The topological polar surface area (TPSA) is 33.5 Å². The van der Waals surface area contributed by atoms with Crippen LogP contribution in [0.2, 0.25) is 0 Å². The van der Waals surface area contributed by atoms with Crippen molar-refractivity contribution in [3.05, 3.63) is 34.7 Å². The van der Waals surface area contributed by atoms with Gasteiger partial charge in [-0.3, -0.25) is 4.79 Å². The van der Waals surface area contributed by atoms with Crippen molar-refractivity contribution in [1.29, 1.82) is 0 Å². The first-order chi connectivity index (χ1) is 7.04. The Labute approximate surface area is 97.9 Å². The third-order valence-corrected chi connectivity index (χ3v) is 2.34. The van der Waals surface area contributed by atoms with E-state index < -0.39 is 0 Å². The van der Waals surface area contributed by atoms with Crippen molar-refractivity contribution in [2.24, 2.45) is 0 Å². The van der Waals surface area contributed by atoms with Gasteiger partial charge in [0.05, 0.1) is 0 Å². The molecule has 0 atom stereocenters. The van der Waals surface area contributed by atoms with Crippen LogP contribution in [0.5, 0.6) is 0 Å². The lowest BCUT2D eigenvalue weighted by Crippen LogP contribution is -2.31. The van der Waals surface area contributed by atoms with E-state index in [1.54, 1.807) is 17.0 Å². The number of amides is 1. The lowest BCUT2D eigenvalue weighted by molar-refractivity contribution is 0.0745. The molecule has 0 saturated heterocycles. The van der Waals surface area contributed by atoms with Crippen LogP contribution in [0.3, 0.4) is 0 Å². The average molecular weight is 272 g/mol. The zero-order valence-electron chi connectivity index (χ0n) is 8.92. The Balaban J connectivity index is 2.77. The molecule has 1 aromatic rings. The van der Waals surface area contributed by atoms with Gasteiger partial charge >= 0.3 is 0 Å². The SMILES string of the molecule is C=C(C)CN(CC)C(=O)c1ccc(Br)o1. The molecule has 3 nitrogen and oxygen atoms in total. The molecule has 0 bridgehead atoms. The Morgan fingerprint density at radius 1 is 1.60 bits per heavy atom. The Bertz CT molecular complexity index is 370. The van der Waals surface area contributed by atoms with Gasteiger partial charge < -0.3 is 9.32 Å². The van der Waals surface area contributed by atoms with Gasteiger partial charge in [0, 0.05) is 13.1 Å². The van der Waals surface area contributed by atoms with Gasteiger partial charge in [-0.15, -0.1) is 0 Å². The zero-order chi connectivity index (χ0) is 11.4. The van der Waals surface area contributed by atoms with Gasteiger partial charge in [-0.05, 0) is 41.9 Å². The van der Waals surface area contributed by atoms with Gasteiger partial charge in [-0.25, -0.2) is 0 Å². The maximum atomic E-state index is 11.9. The van der Waals surface area contributed by atoms with Crippen molar-refractivity contribution >= 4 is 21.8 Å². The second-order valence-corrected chi connectivity index (χ2v) is 4.16. The molecule has 0 aliphatic rings. The maximum absolute atomic E-state index is 11.9. The summed E-state index contributed by atoms with van der Waals surface area (Å²) in [6, 6.07) is 3.37. The molecule has 0 saturated carbocycles. The number of furan rings is 1. The van der Waals surface area contributed by atoms with E-state index in [9.17, 15) is 4.79 Å². The summed E-state index contributed by atoms with van der Waals surface area (Å²) in [5.74, 6) is 0.246. The number of rotatable bonds is 4. The highest BCUT2D eigenvalue weighted by atomic mass is 79.9. The number of carbonyl (C=O) groups is 1. The number of hydrogen-bond acceptors (Lipinski definition) is 2. The second kappa shape index (κ2) is 5.16. The summed E-state index contributed by atoms with van der Waals surface area (Å²) in [6.45, 7) is 8.82. The van der Waals surface area contributed by atoms with Crippen LogP contribution in [0.15, 0.2) is 33.4 Å². The normalized spacial score (nSPS) is 10.1. The first kappa shape index (κ1) is 12.0. The van der Waals surface area contributed by atoms with E-state index in [4.69, 9.17) is 4.42 Å². The van der Waals surface area contributed by atoms with Gasteiger partial charge in [0.25, 0.3) is 5.91 Å². The highest BCUT2D eigenvalue weighted by Gasteiger charge is 2.17. The van der Waals surface area contributed by atoms with Crippen molar-refractivity contribution in [3.8, 4) is 0 Å². The standard InChI is InChI=1S/C11H14BrNO2/c1-4-13(7-8(2)3)11(14)9-5-6-10(12)15-9/h5-6H,2,4,7H2,1,3H3. The third-order valence-electron chi connectivity index (χ3n) is 1.91. The number of nitrogens with zero attached hydrogens (tertiary/aromatic N) is 1. The minimum absolute atomic E-state index is 0.105. The minimum Gasteiger partial charge on any atom is -0.444 e. The van der Waals surface area contributed by atoms with Gasteiger partial charge in [0.2, 0.25) is 0 Å². The molecular weight excluding hydrogens is 258 g/mol.